The molecule has 8 fully saturated rings. The zero-order chi connectivity index (χ0) is 46.9. The summed E-state index contributed by atoms with van der Waals surface area (Å²) in [6.45, 7) is 16.1. The summed E-state index contributed by atoms with van der Waals surface area (Å²) in [5.74, 6) is 0.189. The third kappa shape index (κ3) is 7.86. The first-order chi connectivity index (χ1) is 29.7. The molecule has 0 aromatic rings. The zero-order valence-corrected chi connectivity index (χ0v) is 38.7. The molecule has 0 aromatic carbocycles. The summed E-state index contributed by atoms with van der Waals surface area (Å²) in [6.07, 6.45) is -16.9. The van der Waals surface area contributed by atoms with Crippen LogP contribution >= 0.6 is 0 Å². The Morgan fingerprint density at radius 2 is 1.17 bits per heavy atom. The molecule has 370 valence electrons. The first-order valence-electron chi connectivity index (χ1n) is 23.7. The maximum atomic E-state index is 12.4. The van der Waals surface area contributed by atoms with Crippen LogP contribution in [0, 0.1) is 45.3 Å². The second kappa shape index (κ2) is 17.3. The summed E-state index contributed by atoms with van der Waals surface area (Å²) in [5.41, 5.74) is -2.78. The van der Waals surface area contributed by atoms with E-state index in [1.54, 1.807) is 0 Å². The molecule has 0 spiro atoms. The van der Waals surface area contributed by atoms with Crippen molar-refractivity contribution in [2.45, 2.75) is 222 Å². The molecule has 0 radical (unpaired) electrons. The molecule has 18 nitrogen and oxygen atoms in total. The summed E-state index contributed by atoms with van der Waals surface area (Å²) in [4.78, 5) is 0. The number of rotatable bonds is 8. The van der Waals surface area contributed by atoms with Crippen molar-refractivity contribution in [3.8, 4) is 0 Å². The average Bonchev–Trinajstić information content (AvgIpc) is 3.61. The molecule has 11 N–H and O–H groups in total. The van der Waals surface area contributed by atoms with Gasteiger partial charge in [-0.15, -0.1) is 0 Å². The van der Waals surface area contributed by atoms with E-state index in [0.717, 1.165) is 32.1 Å². The van der Waals surface area contributed by atoms with Crippen LogP contribution < -0.4 is 0 Å². The molecular weight excluding hydrogens is 840 g/mol. The van der Waals surface area contributed by atoms with E-state index < -0.39 is 128 Å². The minimum absolute atomic E-state index is 0.0141. The Balaban J connectivity index is 1.02. The smallest absolute Gasteiger partial charge is 0.187 e. The molecule has 0 amide bonds. The van der Waals surface area contributed by atoms with Crippen LogP contribution in [0.3, 0.4) is 0 Å². The molecule has 0 unspecified atom stereocenters. The first kappa shape index (κ1) is 49.7. The van der Waals surface area contributed by atoms with Crippen molar-refractivity contribution in [2.24, 2.45) is 45.3 Å². The molecular formula is C46H78O18. The fraction of sp³-hybridized carbons (Fsp3) is 1.00. The molecule has 8 aliphatic rings. The van der Waals surface area contributed by atoms with Gasteiger partial charge in [-0.2, -0.15) is 0 Å². The number of hydrogen-bond acceptors (Lipinski definition) is 18. The molecule has 4 aliphatic carbocycles. The van der Waals surface area contributed by atoms with Gasteiger partial charge in [0.15, 0.2) is 18.9 Å². The number of aliphatic hydroxyl groups is 11. The second-order valence-corrected chi connectivity index (χ2v) is 23.1. The van der Waals surface area contributed by atoms with Crippen LogP contribution in [0.5, 0.6) is 0 Å². The van der Waals surface area contributed by atoms with E-state index in [2.05, 4.69) is 41.5 Å². The first-order valence-corrected chi connectivity index (χ1v) is 23.7. The van der Waals surface area contributed by atoms with Gasteiger partial charge in [-0.3, -0.25) is 0 Å². The van der Waals surface area contributed by atoms with E-state index >= 15 is 0 Å². The average molecular weight is 919 g/mol. The van der Waals surface area contributed by atoms with Crippen molar-refractivity contribution in [3.05, 3.63) is 0 Å². The summed E-state index contributed by atoms with van der Waals surface area (Å²) in [7, 11) is 0. The van der Waals surface area contributed by atoms with Crippen LogP contribution in [0.1, 0.15) is 107 Å². The lowest BCUT2D eigenvalue weighted by Crippen LogP contribution is -2.68. The molecule has 4 saturated heterocycles. The highest BCUT2D eigenvalue weighted by molar-refractivity contribution is 5.21. The van der Waals surface area contributed by atoms with Crippen molar-refractivity contribution in [3.63, 3.8) is 0 Å². The van der Waals surface area contributed by atoms with E-state index in [1.165, 1.54) is 0 Å². The van der Waals surface area contributed by atoms with Gasteiger partial charge < -0.3 is 89.3 Å². The van der Waals surface area contributed by atoms with Crippen LogP contribution in [-0.4, -0.2) is 192 Å². The molecule has 0 aromatic heterocycles. The minimum atomic E-state index is -1.71. The van der Waals surface area contributed by atoms with Crippen LogP contribution in [0.25, 0.3) is 0 Å². The molecule has 4 aliphatic heterocycles. The van der Waals surface area contributed by atoms with Gasteiger partial charge in [-0.25, -0.2) is 0 Å². The standard InChI is InChI=1S/C46H78O18/c1-41(2)26-10-14-44(6)27(15-21(47)29-20(9-13-45(29,44)7)46(8)16-22(48)37(57)42(3,4)64-46)43(26,5)12-11-28(41)62-40-36(63-39-35(56)31(52)24(50)18-59-39)33(54)32(53)25(61-40)19-60-38-34(55)30(51)23(49)17-58-38/h20-40,47-57H,9-19H2,1-8H3/t20-,21-,22-,23+,24-,25+,26-,27-,28+,29+,30-,31-,32-,33+,34+,35+,36+,37-,38+,39-,40-,43-,44-,45+,46+/m0/s1. The third-order valence-corrected chi connectivity index (χ3v) is 18.9. The maximum Gasteiger partial charge on any atom is 0.187 e. The number of aliphatic hydroxyl groups excluding tert-OH is 11. The Morgan fingerprint density at radius 3 is 1.81 bits per heavy atom. The van der Waals surface area contributed by atoms with E-state index in [1.807, 2.05) is 13.8 Å². The van der Waals surface area contributed by atoms with Gasteiger partial charge in [-0.1, -0.05) is 34.6 Å². The third-order valence-electron chi connectivity index (χ3n) is 18.9. The Morgan fingerprint density at radius 1 is 0.562 bits per heavy atom. The number of ether oxygens (including phenoxy) is 7. The van der Waals surface area contributed by atoms with Gasteiger partial charge in [0, 0.05) is 6.42 Å². The Hall–Kier alpha value is -0.720. The summed E-state index contributed by atoms with van der Waals surface area (Å²) < 4.78 is 42.7. The molecule has 4 heterocycles. The predicted molar refractivity (Wildman–Crippen MR) is 222 cm³/mol. The van der Waals surface area contributed by atoms with E-state index in [-0.39, 0.29) is 53.1 Å². The highest BCUT2D eigenvalue weighted by Crippen LogP contribution is 2.76. The normalized spacial score (nSPS) is 57.3. The minimum Gasteiger partial charge on any atom is -0.393 e. The lowest BCUT2D eigenvalue weighted by Gasteiger charge is -2.71. The summed E-state index contributed by atoms with van der Waals surface area (Å²) in [5, 5.41) is 119. The van der Waals surface area contributed by atoms with Gasteiger partial charge in [0.2, 0.25) is 0 Å². The van der Waals surface area contributed by atoms with E-state index in [4.69, 9.17) is 33.2 Å². The maximum absolute atomic E-state index is 12.4. The van der Waals surface area contributed by atoms with Crippen molar-refractivity contribution >= 4 is 0 Å². The lowest BCUT2D eigenvalue weighted by molar-refractivity contribution is -0.375. The highest BCUT2D eigenvalue weighted by Gasteiger charge is 2.72. The number of fused-ring (bicyclic) bond motifs is 5. The highest BCUT2D eigenvalue weighted by atomic mass is 16.8. The molecule has 8 rings (SSSR count). The van der Waals surface area contributed by atoms with Crippen molar-refractivity contribution in [1.29, 1.82) is 0 Å². The van der Waals surface area contributed by atoms with Gasteiger partial charge in [-0.05, 0) is 111 Å². The van der Waals surface area contributed by atoms with Crippen LogP contribution in [0.4, 0.5) is 0 Å². The van der Waals surface area contributed by atoms with Gasteiger partial charge in [0.25, 0.3) is 0 Å². The molecule has 25 atom stereocenters. The number of hydrogen-bond donors (Lipinski definition) is 11. The molecule has 18 heteroatoms. The SMILES string of the molecule is CC1(C)O[C@@](C)([C@H]2CC[C@]3(C)[C@H]2[C@@H](O)C[C@H]2[C@@]4(C)CC[C@@H](O[C@@H]5O[C@H](CO[C@H]6OC[C@@H](O)[C@H](O)[C@H]6O)[C@H](O)[C@@H](O)[C@H]5O[C@@H]5OC[C@H](O)[C@H](O)[C@H]5O)C(C)(C)[C@@H]4CC[C@@]23C)C[C@H](O)[C@@H]1O. The molecule has 0 bridgehead atoms. The topological polar surface area (TPSA) is 287 Å². The van der Waals surface area contributed by atoms with E-state index in [0.29, 0.717) is 19.3 Å². The Kier molecular flexibility index (Phi) is 13.4. The summed E-state index contributed by atoms with van der Waals surface area (Å²) in [6, 6.07) is 0. The lowest BCUT2D eigenvalue weighted by atomic mass is 9.35. The van der Waals surface area contributed by atoms with Crippen LogP contribution in [-0.2, 0) is 33.2 Å². The summed E-state index contributed by atoms with van der Waals surface area (Å²) >= 11 is 0. The fourth-order valence-corrected chi connectivity index (χ4v) is 15.2. The fourth-order valence-electron chi connectivity index (χ4n) is 15.2. The van der Waals surface area contributed by atoms with E-state index in [9.17, 15) is 56.2 Å². The van der Waals surface area contributed by atoms with Gasteiger partial charge in [0.1, 0.15) is 67.1 Å². The van der Waals surface area contributed by atoms with Crippen molar-refractivity contribution in [1.82, 2.24) is 0 Å². The quantitative estimate of drug-likeness (QED) is 0.136. The van der Waals surface area contributed by atoms with Crippen LogP contribution in [0.2, 0.25) is 0 Å². The largest absolute Gasteiger partial charge is 0.393 e. The van der Waals surface area contributed by atoms with Crippen molar-refractivity contribution < 1.29 is 89.3 Å². The van der Waals surface area contributed by atoms with Crippen LogP contribution in [0.15, 0.2) is 0 Å². The van der Waals surface area contributed by atoms with Crippen molar-refractivity contribution in [2.75, 3.05) is 19.8 Å². The zero-order valence-electron chi connectivity index (χ0n) is 38.7. The molecule has 4 saturated carbocycles. The Labute approximate surface area is 376 Å². The monoisotopic (exact) mass is 919 g/mol. The van der Waals surface area contributed by atoms with Gasteiger partial charge in [0.05, 0.1) is 49.3 Å². The molecule has 64 heavy (non-hydrogen) atoms. The predicted octanol–water partition coefficient (Wildman–Crippen LogP) is -0.567. The Bertz CT molecular complexity index is 1650. The van der Waals surface area contributed by atoms with Gasteiger partial charge >= 0.3 is 0 Å². The second-order valence-electron chi connectivity index (χ2n) is 23.1.